The molecule has 3 heterocycles. The third-order valence-corrected chi connectivity index (χ3v) is 8.73. The SMILES string of the molecule is Cc1c(-c2nc3cc(CN4CCCC[C@H]4C(=O)O)cc(Cl)c3o2)cccc1-c1cccc(NC(=O)c2ccc(C=O)cn2)c1Cl. The first-order chi connectivity index (χ1) is 21.7. The molecule has 0 aliphatic carbocycles. The Hall–Kier alpha value is -4.57. The van der Waals surface area contributed by atoms with Gasteiger partial charge in [-0.3, -0.25) is 24.3 Å². The second kappa shape index (κ2) is 12.8. The molecule has 1 aliphatic rings. The number of aldehydes is 1. The van der Waals surface area contributed by atoms with Gasteiger partial charge in [0.1, 0.15) is 17.3 Å². The zero-order valence-electron chi connectivity index (χ0n) is 24.2. The fourth-order valence-corrected chi connectivity index (χ4v) is 6.29. The van der Waals surface area contributed by atoms with Crippen LogP contribution < -0.4 is 5.32 Å². The highest BCUT2D eigenvalue weighted by Crippen LogP contribution is 2.39. The molecule has 1 saturated heterocycles. The number of piperidine rings is 1. The van der Waals surface area contributed by atoms with Gasteiger partial charge in [-0.15, -0.1) is 0 Å². The molecule has 9 nitrogen and oxygen atoms in total. The summed E-state index contributed by atoms with van der Waals surface area (Å²) in [5.41, 5.74) is 5.94. The average molecular weight is 644 g/mol. The number of fused-ring (bicyclic) bond motifs is 1. The van der Waals surface area contributed by atoms with Crippen LogP contribution in [-0.2, 0) is 11.3 Å². The van der Waals surface area contributed by atoms with Gasteiger partial charge in [0.2, 0.25) is 5.89 Å². The zero-order chi connectivity index (χ0) is 31.7. The molecule has 1 atom stereocenters. The summed E-state index contributed by atoms with van der Waals surface area (Å²) in [6.07, 6.45) is 4.47. The minimum absolute atomic E-state index is 0.149. The number of carboxylic acids is 1. The lowest BCUT2D eigenvalue weighted by Crippen LogP contribution is -2.43. The Morgan fingerprint density at radius 2 is 1.84 bits per heavy atom. The van der Waals surface area contributed by atoms with Crippen molar-refractivity contribution < 1.29 is 23.9 Å². The van der Waals surface area contributed by atoms with E-state index in [9.17, 15) is 19.5 Å². The monoisotopic (exact) mass is 642 g/mol. The van der Waals surface area contributed by atoms with Crippen molar-refractivity contribution >= 4 is 58.2 Å². The maximum absolute atomic E-state index is 12.8. The quantitative estimate of drug-likeness (QED) is 0.165. The van der Waals surface area contributed by atoms with Gasteiger partial charge >= 0.3 is 5.97 Å². The van der Waals surface area contributed by atoms with Crippen LogP contribution in [0.2, 0.25) is 10.0 Å². The molecule has 1 amide bonds. The number of oxazole rings is 1. The van der Waals surface area contributed by atoms with Crippen LogP contribution in [0.1, 0.15) is 51.2 Å². The van der Waals surface area contributed by atoms with Gasteiger partial charge in [0.05, 0.1) is 15.7 Å². The maximum atomic E-state index is 12.8. The van der Waals surface area contributed by atoms with Gasteiger partial charge in [-0.05, 0) is 79.4 Å². The van der Waals surface area contributed by atoms with E-state index in [0.29, 0.717) is 69.6 Å². The molecule has 3 aromatic carbocycles. The number of likely N-dealkylation sites (tertiary alicyclic amines) is 1. The molecule has 228 valence electrons. The second-order valence-corrected chi connectivity index (χ2v) is 11.7. The normalized spacial score (nSPS) is 15.2. The van der Waals surface area contributed by atoms with Gasteiger partial charge in [-0.1, -0.05) is 53.9 Å². The van der Waals surface area contributed by atoms with Crippen molar-refractivity contribution in [3.63, 3.8) is 0 Å². The number of carboxylic acid groups (broad SMARTS) is 1. The molecule has 11 heteroatoms. The molecular weight excluding hydrogens is 615 g/mol. The Morgan fingerprint density at radius 3 is 2.60 bits per heavy atom. The molecule has 5 aromatic rings. The van der Waals surface area contributed by atoms with Crippen molar-refractivity contribution in [1.29, 1.82) is 0 Å². The summed E-state index contributed by atoms with van der Waals surface area (Å²) in [5, 5.41) is 13.2. The molecule has 1 fully saturated rings. The molecule has 2 aromatic heterocycles. The number of nitrogens with one attached hydrogen (secondary N) is 1. The minimum Gasteiger partial charge on any atom is -0.480 e. The largest absolute Gasteiger partial charge is 0.480 e. The molecule has 2 N–H and O–H groups in total. The predicted molar refractivity (Wildman–Crippen MR) is 173 cm³/mol. The van der Waals surface area contributed by atoms with Gasteiger partial charge in [0.15, 0.2) is 11.9 Å². The van der Waals surface area contributed by atoms with E-state index in [-0.39, 0.29) is 5.69 Å². The first kappa shape index (κ1) is 30.5. The van der Waals surface area contributed by atoms with E-state index in [1.54, 1.807) is 18.2 Å². The molecule has 0 radical (unpaired) electrons. The van der Waals surface area contributed by atoms with Crippen molar-refractivity contribution in [2.75, 3.05) is 11.9 Å². The van der Waals surface area contributed by atoms with Gasteiger partial charge in [0, 0.05) is 29.4 Å². The fourth-order valence-electron chi connectivity index (χ4n) is 5.74. The molecule has 1 aliphatic heterocycles. The Bertz CT molecular complexity index is 1940. The van der Waals surface area contributed by atoms with Gasteiger partial charge in [0.25, 0.3) is 5.91 Å². The number of aromatic nitrogens is 2. The number of halogens is 2. The van der Waals surface area contributed by atoms with Crippen LogP contribution in [0.5, 0.6) is 0 Å². The number of anilines is 1. The number of nitrogens with zero attached hydrogens (tertiary/aromatic N) is 3. The van der Waals surface area contributed by atoms with E-state index in [2.05, 4.69) is 10.3 Å². The van der Waals surface area contributed by atoms with Gasteiger partial charge in [-0.2, -0.15) is 0 Å². The Labute approximate surface area is 268 Å². The smallest absolute Gasteiger partial charge is 0.320 e. The van der Waals surface area contributed by atoms with Crippen molar-refractivity contribution in [1.82, 2.24) is 14.9 Å². The number of amides is 1. The van der Waals surface area contributed by atoms with Gasteiger partial charge < -0.3 is 14.8 Å². The van der Waals surface area contributed by atoms with Crippen LogP contribution in [0.4, 0.5) is 5.69 Å². The number of hydrogen-bond donors (Lipinski definition) is 2. The van der Waals surface area contributed by atoms with Crippen LogP contribution in [0.25, 0.3) is 33.7 Å². The Morgan fingerprint density at radius 1 is 1.07 bits per heavy atom. The van der Waals surface area contributed by atoms with Gasteiger partial charge in [-0.25, -0.2) is 4.98 Å². The molecular formula is C34H28Cl2N4O5. The molecule has 0 unspecified atom stereocenters. The third kappa shape index (κ3) is 6.20. The van der Waals surface area contributed by atoms with Crippen LogP contribution >= 0.6 is 23.2 Å². The standard InChI is InChI=1S/C34H28Cl2N4O5/c1-19-22(24-8-5-9-26(30(24)36)38-32(42)27-12-11-20(18-41)16-37-27)6-4-7-23(19)33-39-28-15-21(14-25(35)31(28)45-33)17-40-13-3-2-10-29(40)34(43)44/h4-9,11-12,14-16,18,29H,2-3,10,13,17H2,1H3,(H,38,42)(H,43,44)/t29-/m0/s1. The number of rotatable bonds is 8. The van der Waals surface area contributed by atoms with Crippen molar-refractivity contribution in [3.05, 3.63) is 99.3 Å². The number of aliphatic carboxylic acids is 1. The maximum Gasteiger partial charge on any atom is 0.320 e. The summed E-state index contributed by atoms with van der Waals surface area (Å²) >= 11 is 13.5. The number of pyridine rings is 1. The lowest BCUT2D eigenvalue weighted by molar-refractivity contribution is -0.144. The summed E-state index contributed by atoms with van der Waals surface area (Å²) in [4.78, 5) is 46.3. The van der Waals surface area contributed by atoms with Crippen molar-refractivity contribution in [2.45, 2.75) is 38.8 Å². The summed E-state index contributed by atoms with van der Waals surface area (Å²) < 4.78 is 6.16. The predicted octanol–water partition coefficient (Wildman–Crippen LogP) is 7.68. The van der Waals surface area contributed by atoms with Crippen molar-refractivity contribution in [2.24, 2.45) is 0 Å². The average Bonchev–Trinajstić information content (AvgIpc) is 3.47. The first-order valence-corrected chi connectivity index (χ1v) is 15.2. The van der Waals surface area contributed by atoms with E-state index in [1.165, 1.54) is 18.3 Å². The Balaban J connectivity index is 1.29. The molecule has 6 rings (SSSR count). The van der Waals surface area contributed by atoms with E-state index < -0.39 is 17.9 Å². The first-order valence-electron chi connectivity index (χ1n) is 14.4. The zero-order valence-corrected chi connectivity index (χ0v) is 25.7. The third-order valence-electron chi connectivity index (χ3n) is 8.05. The van der Waals surface area contributed by atoms with E-state index >= 15 is 0 Å². The number of carbonyl (C=O) groups excluding carboxylic acids is 2. The number of hydrogen-bond acceptors (Lipinski definition) is 7. The molecule has 45 heavy (non-hydrogen) atoms. The number of carbonyl (C=O) groups is 3. The highest BCUT2D eigenvalue weighted by molar-refractivity contribution is 6.36. The summed E-state index contributed by atoms with van der Waals surface area (Å²) in [5.74, 6) is -0.884. The summed E-state index contributed by atoms with van der Waals surface area (Å²) in [7, 11) is 0. The lowest BCUT2D eigenvalue weighted by atomic mass is 9.96. The second-order valence-electron chi connectivity index (χ2n) is 11.0. The van der Waals surface area contributed by atoms with E-state index in [4.69, 9.17) is 32.6 Å². The molecule has 0 saturated carbocycles. The lowest BCUT2D eigenvalue weighted by Gasteiger charge is -2.32. The minimum atomic E-state index is -0.809. The molecule has 0 bridgehead atoms. The van der Waals surface area contributed by atoms with E-state index in [1.807, 2.05) is 42.2 Å². The van der Waals surface area contributed by atoms with Crippen molar-refractivity contribution in [3.8, 4) is 22.6 Å². The van der Waals surface area contributed by atoms with Crippen LogP contribution in [0.15, 0.2) is 71.3 Å². The highest BCUT2D eigenvalue weighted by atomic mass is 35.5. The molecule has 0 spiro atoms. The Kier molecular flexibility index (Phi) is 8.67. The highest BCUT2D eigenvalue weighted by Gasteiger charge is 2.28. The van der Waals surface area contributed by atoms with Crippen LogP contribution in [0, 0.1) is 6.92 Å². The summed E-state index contributed by atoms with van der Waals surface area (Å²) in [6.45, 7) is 3.10. The number of benzene rings is 3. The van der Waals surface area contributed by atoms with Crippen LogP contribution in [0.3, 0.4) is 0 Å². The topological polar surface area (TPSA) is 126 Å². The van der Waals surface area contributed by atoms with Crippen LogP contribution in [-0.4, -0.2) is 50.7 Å². The summed E-state index contributed by atoms with van der Waals surface area (Å²) in [6, 6.07) is 17.2. The fraction of sp³-hybridized carbons (Fsp3) is 0.206. The van der Waals surface area contributed by atoms with E-state index in [0.717, 1.165) is 35.1 Å².